The van der Waals surface area contributed by atoms with Crippen LogP contribution >= 0.6 is 0 Å². The first-order chi connectivity index (χ1) is 6.32. The minimum Gasteiger partial charge on any atom is -0.746 e. The summed E-state index contributed by atoms with van der Waals surface area (Å²) in [5.41, 5.74) is -3.27. The zero-order valence-corrected chi connectivity index (χ0v) is 10.5. The van der Waals surface area contributed by atoms with Crippen molar-refractivity contribution in [1.29, 1.82) is 0 Å². The van der Waals surface area contributed by atoms with Gasteiger partial charge in [0.05, 0.1) is 0 Å². The van der Waals surface area contributed by atoms with Crippen molar-refractivity contribution in [3.63, 3.8) is 0 Å². The number of hydrogen-bond donors (Lipinski definition) is 1. The van der Waals surface area contributed by atoms with Gasteiger partial charge in [-0.15, -0.1) is 0 Å². The van der Waals surface area contributed by atoms with Crippen LogP contribution in [0, 0.1) is 11.6 Å². The van der Waals surface area contributed by atoms with Gasteiger partial charge in [-0.2, -0.15) is 0 Å². The minimum atomic E-state index is -5.05. The SMILES string of the molecule is O=S(=O)([O-])C(O)c1ccc(F)cc1F.[Na+]. The number of aliphatic hydroxyl groups is 1. The van der Waals surface area contributed by atoms with Crippen molar-refractivity contribution in [2.24, 2.45) is 0 Å². The maximum absolute atomic E-state index is 12.8. The molecular formula is C7H5F2NaO4S. The van der Waals surface area contributed by atoms with Crippen LogP contribution in [0.1, 0.15) is 11.0 Å². The van der Waals surface area contributed by atoms with E-state index in [0.717, 1.165) is 6.07 Å². The largest absolute Gasteiger partial charge is 1.00 e. The summed E-state index contributed by atoms with van der Waals surface area (Å²) >= 11 is 0. The van der Waals surface area contributed by atoms with E-state index >= 15 is 0 Å². The molecule has 15 heavy (non-hydrogen) atoms. The number of halogens is 2. The number of aliphatic hydroxyl groups excluding tert-OH is 1. The fourth-order valence-electron chi connectivity index (χ4n) is 0.857. The standard InChI is InChI=1S/C7H6F2O4S.Na/c8-4-1-2-5(6(9)3-4)7(10)14(11,12)13;/h1-3,7,10H,(H,11,12,13);/q;+1/p-1. The first-order valence-electron chi connectivity index (χ1n) is 3.40. The molecule has 0 aliphatic rings. The minimum absolute atomic E-state index is 0. The monoisotopic (exact) mass is 246 g/mol. The van der Waals surface area contributed by atoms with Gasteiger partial charge >= 0.3 is 29.6 Å². The molecule has 1 N–H and O–H groups in total. The summed E-state index contributed by atoms with van der Waals surface area (Å²) in [4.78, 5) is 0. The van der Waals surface area contributed by atoms with Crippen LogP contribution in [-0.4, -0.2) is 18.1 Å². The maximum Gasteiger partial charge on any atom is 1.00 e. The van der Waals surface area contributed by atoms with E-state index in [9.17, 15) is 21.8 Å². The van der Waals surface area contributed by atoms with E-state index in [1.54, 1.807) is 0 Å². The van der Waals surface area contributed by atoms with Crippen LogP contribution in [0.3, 0.4) is 0 Å². The van der Waals surface area contributed by atoms with Crippen molar-refractivity contribution in [2.75, 3.05) is 0 Å². The second kappa shape index (κ2) is 5.33. The molecule has 1 unspecified atom stereocenters. The molecule has 0 radical (unpaired) electrons. The molecule has 0 aliphatic heterocycles. The Morgan fingerprint density at radius 2 is 1.87 bits per heavy atom. The van der Waals surface area contributed by atoms with Gasteiger partial charge < -0.3 is 9.66 Å². The van der Waals surface area contributed by atoms with Crippen LogP contribution < -0.4 is 29.6 Å². The van der Waals surface area contributed by atoms with Crippen LogP contribution in [-0.2, 0) is 10.1 Å². The van der Waals surface area contributed by atoms with E-state index in [1.165, 1.54) is 0 Å². The van der Waals surface area contributed by atoms with Gasteiger partial charge in [0.2, 0.25) is 0 Å². The molecule has 0 aromatic heterocycles. The van der Waals surface area contributed by atoms with Crippen molar-refractivity contribution in [3.05, 3.63) is 35.4 Å². The second-order valence-corrected chi connectivity index (χ2v) is 3.94. The van der Waals surface area contributed by atoms with Crippen LogP contribution in [0.5, 0.6) is 0 Å². The Morgan fingerprint density at radius 3 is 2.27 bits per heavy atom. The quantitative estimate of drug-likeness (QED) is 0.462. The van der Waals surface area contributed by atoms with Gasteiger partial charge in [-0.25, -0.2) is 17.2 Å². The summed E-state index contributed by atoms with van der Waals surface area (Å²) in [5, 5.41) is 8.87. The van der Waals surface area contributed by atoms with Crippen molar-refractivity contribution < 1.29 is 56.4 Å². The molecule has 8 heteroatoms. The molecule has 0 heterocycles. The Morgan fingerprint density at radius 1 is 1.33 bits per heavy atom. The van der Waals surface area contributed by atoms with Gasteiger partial charge in [0, 0.05) is 11.6 Å². The van der Waals surface area contributed by atoms with Crippen molar-refractivity contribution in [3.8, 4) is 0 Å². The smallest absolute Gasteiger partial charge is 0.746 e. The average Bonchev–Trinajstić information content (AvgIpc) is 2.01. The Hall–Kier alpha value is -0.0500. The first-order valence-corrected chi connectivity index (χ1v) is 4.87. The van der Waals surface area contributed by atoms with E-state index in [0.29, 0.717) is 12.1 Å². The normalized spacial score (nSPS) is 13.1. The Labute approximate surface area is 107 Å². The molecule has 0 fully saturated rings. The van der Waals surface area contributed by atoms with Gasteiger partial charge in [0.1, 0.15) is 21.8 Å². The van der Waals surface area contributed by atoms with E-state index in [1.807, 2.05) is 0 Å². The predicted molar refractivity (Wildman–Crippen MR) is 41.0 cm³/mol. The van der Waals surface area contributed by atoms with Crippen LogP contribution in [0.25, 0.3) is 0 Å². The molecule has 0 bridgehead atoms. The van der Waals surface area contributed by atoms with E-state index in [-0.39, 0.29) is 29.6 Å². The zero-order chi connectivity index (χ0) is 10.9. The summed E-state index contributed by atoms with van der Waals surface area (Å²) < 4.78 is 56.1. The summed E-state index contributed by atoms with van der Waals surface area (Å²) in [6.07, 6.45) is 0. The molecule has 0 amide bonds. The summed E-state index contributed by atoms with van der Waals surface area (Å²) in [6.45, 7) is 0. The second-order valence-electron chi connectivity index (χ2n) is 2.51. The third-order valence-corrected chi connectivity index (χ3v) is 2.30. The van der Waals surface area contributed by atoms with Gasteiger partial charge in [0.25, 0.3) is 0 Å². The molecule has 1 aromatic carbocycles. The van der Waals surface area contributed by atoms with E-state index in [4.69, 9.17) is 5.11 Å². The Balaban J connectivity index is 0.00000196. The van der Waals surface area contributed by atoms with E-state index in [2.05, 4.69) is 0 Å². The van der Waals surface area contributed by atoms with Gasteiger partial charge in [-0.05, 0) is 12.1 Å². The predicted octanol–water partition coefficient (Wildman–Crippen LogP) is -2.50. The number of hydrogen-bond acceptors (Lipinski definition) is 4. The molecule has 0 saturated carbocycles. The van der Waals surface area contributed by atoms with Crippen LogP contribution in [0.15, 0.2) is 18.2 Å². The molecule has 78 valence electrons. The molecule has 1 rings (SSSR count). The van der Waals surface area contributed by atoms with E-state index < -0.39 is 32.8 Å². The molecule has 0 aliphatic carbocycles. The summed E-state index contributed by atoms with van der Waals surface area (Å²) in [6, 6.07) is 1.82. The van der Waals surface area contributed by atoms with Crippen LogP contribution in [0.2, 0.25) is 0 Å². The van der Waals surface area contributed by atoms with Crippen LogP contribution in [0.4, 0.5) is 8.78 Å². The van der Waals surface area contributed by atoms with Gasteiger partial charge in [-0.3, -0.25) is 0 Å². The molecular weight excluding hydrogens is 241 g/mol. The van der Waals surface area contributed by atoms with Gasteiger partial charge in [0.15, 0.2) is 5.44 Å². The Kier molecular flexibility index (Phi) is 5.31. The first kappa shape index (κ1) is 14.9. The fraction of sp³-hybridized carbons (Fsp3) is 0.143. The third kappa shape index (κ3) is 3.78. The van der Waals surface area contributed by atoms with Crippen molar-refractivity contribution in [1.82, 2.24) is 0 Å². The molecule has 4 nitrogen and oxygen atoms in total. The topological polar surface area (TPSA) is 77.4 Å². The van der Waals surface area contributed by atoms with Crippen molar-refractivity contribution in [2.45, 2.75) is 5.44 Å². The maximum atomic E-state index is 12.8. The fourth-order valence-corrected chi connectivity index (χ4v) is 1.36. The summed E-state index contributed by atoms with van der Waals surface area (Å²) in [5.74, 6) is -2.21. The zero-order valence-electron chi connectivity index (χ0n) is 7.65. The van der Waals surface area contributed by atoms with Crippen molar-refractivity contribution >= 4 is 10.1 Å². The average molecular weight is 246 g/mol. The third-order valence-electron chi connectivity index (χ3n) is 1.50. The molecule has 1 aromatic rings. The number of benzene rings is 1. The van der Waals surface area contributed by atoms with Gasteiger partial charge in [-0.1, -0.05) is 0 Å². The summed E-state index contributed by atoms with van der Waals surface area (Å²) in [7, 11) is -5.05. The molecule has 0 saturated heterocycles. The molecule has 1 atom stereocenters. The Bertz CT molecular complexity index is 448. The number of rotatable bonds is 2. The molecule has 0 spiro atoms.